The molecule has 3 nitrogen and oxygen atoms in total. The zero-order valence-electron chi connectivity index (χ0n) is 13.3. The van der Waals surface area contributed by atoms with Gasteiger partial charge in [-0.25, -0.2) is 4.79 Å². The molecule has 1 saturated carbocycles. The Hall–Kier alpha value is -1.35. The van der Waals surface area contributed by atoms with Crippen LogP contribution in [0.25, 0.3) is 0 Å². The summed E-state index contributed by atoms with van der Waals surface area (Å²) in [6.07, 6.45) is 6.09. The lowest BCUT2D eigenvalue weighted by molar-refractivity contribution is -0.0413. The molecule has 116 valence electrons. The van der Waals surface area contributed by atoms with Crippen molar-refractivity contribution in [3.8, 4) is 0 Å². The van der Waals surface area contributed by atoms with Crippen LogP contribution in [0, 0.1) is 5.41 Å². The van der Waals surface area contributed by atoms with E-state index >= 15 is 0 Å². The first-order chi connectivity index (χ1) is 9.98. The third kappa shape index (κ3) is 3.13. The number of hydrogen-bond donors (Lipinski definition) is 1. The molecule has 0 aromatic heterocycles. The molecule has 21 heavy (non-hydrogen) atoms. The fourth-order valence-electron chi connectivity index (χ4n) is 3.47. The Morgan fingerprint density at radius 3 is 2.05 bits per heavy atom. The summed E-state index contributed by atoms with van der Waals surface area (Å²) in [4.78, 5) is 11.5. The van der Waals surface area contributed by atoms with E-state index in [4.69, 9.17) is 4.74 Å². The highest BCUT2D eigenvalue weighted by atomic mass is 16.5. The van der Waals surface area contributed by atoms with E-state index in [0.717, 1.165) is 31.2 Å². The molecule has 0 aliphatic heterocycles. The van der Waals surface area contributed by atoms with E-state index in [1.807, 2.05) is 12.1 Å². The van der Waals surface area contributed by atoms with Crippen molar-refractivity contribution in [2.24, 2.45) is 5.41 Å². The minimum absolute atomic E-state index is 0.340. The van der Waals surface area contributed by atoms with Gasteiger partial charge in [0, 0.05) is 0 Å². The van der Waals surface area contributed by atoms with Gasteiger partial charge in [0.1, 0.15) is 0 Å². The minimum atomic E-state index is -0.748. The van der Waals surface area contributed by atoms with E-state index in [1.165, 1.54) is 20.0 Å². The monoisotopic (exact) mass is 290 g/mol. The molecular weight excluding hydrogens is 264 g/mol. The molecule has 0 radical (unpaired) electrons. The van der Waals surface area contributed by atoms with Crippen molar-refractivity contribution in [1.29, 1.82) is 0 Å². The van der Waals surface area contributed by atoms with Gasteiger partial charge in [-0.2, -0.15) is 0 Å². The maximum Gasteiger partial charge on any atom is 0.337 e. The Bertz CT molecular complexity index is 476. The van der Waals surface area contributed by atoms with E-state index in [0.29, 0.717) is 11.0 Å². The van der Waals surface area contributed by atoms with Gasteiger partial charge in [-0.1, -0.05) is 38.8 Å². The van der Waals surface area contributed by atoms with Gasteiger partial charge in [0.15, 0.2) is 0 Å². The van der Waals surface area contributed by atoms with Crippen LogP contribution in [-0.2, 0) is 10.3 Å². The second kappa shape index (κ2) is 6.18. The molecule has 1 aromatic rings. The van der Waals surface area contributed by atoms with Crippen molar-refractivity contribution in [3.63, 3.8) is 0 Å². The van der Waals surface area contributed by atoms with Crippen molar-refractivity contribution in [1.82, 2.24) is 0 Å². The SMILES string of the molecule is CCC1(CC)CCC(O)(c2ccc(C(=O)OC)cc2)CC1. The number of esters is 1. The second-order valence-electron chi connectivity index (χ2n) is 6.31. The van der Waals surface area contributed by atoms with E-state index < -0.39 is 5.60 Å². The molecule has 0 unspecified atom stereocenters. The van der Waals surface area contributed by atoms with Crippen LogP contribution in [0.15, 0.2) is 24.3 Å². The lowest BCUT2D eigenvalue weighted by Crippen LogP contribution is -2.36. The second-order valence-corrected chi connectivity index (χ2v) is 6.31. The van der Waals surface area contributed by atoms with Crippen LogP contribution in [0.4, 0.5) is 0 Å². The fraction of sp³-hybridized carbons (Fsp3) is 0.611. The largest absolute Gasteiger partial charge is 0.465 e. The maximum absolute atomic E-state index is 11.5. The van der Waals surface area contributed by atoms with Gasteiger partial charge in [0.25, 0.3) is 0 Å². The van der Waals surface area contributed by atoms with Crippen LogP contribution < -0.4 is 0 Å². The molecule has 0 saturated heterocycles. The van der Waals surface area contributed by atoms with Gasteiger partial charge in [-0.3, -0.25) is 0 Å². The van der Waals surface area contributed by atoms with Crippen LogP contribution in [0.5, 0.6) is 0 Å². The number of hydrogen-bond acceptors (Lipinski definition) is 3. The number of ether oxygens (including phenoxy) is 1. The molecule has 1 N–H and O–H groups in total. The average molecular weight is 290 g/mol. The molecule has 1 aliphatic rings. The first kappa shape index (κ1) is 16.0. The predicted octanol–water partition coefficient (Wildman–Crippen LogP) is 4.04. The summed E-state index contributed by atoms with van der Waals surface area (Å²) in [6, 6.07) is 7.19. The third-order valence-electron chi connectivity index (χ3n) is 5.48. The van der Waals surface area contributed by atoms with Gasteiger partial charge in [-0.15, -0.1) is 0 Å². The summed E-state index contributed by atoms with van der Waals surface area (Å²) in [5.74, 6) is -0.340. The molecular formula is C18H26O3. The highest BCUT2D eigenvalue weighted by Gasteiger charge is 2.40. The van der Waals surface area contributed by atoms with Crippen LogP contribution in [0.3, 0.4) is 0 Å². The molecule has 0 bridgehead atoms. The number of rotatable bonds is 4. The summed E-state index contributed by atoms with van der Waals surface area (Å²) >= 11 is 0. The zero-order chi connectivity index (χ0) is 15.5. The molecule has 2 rings (SSSR count). The molecule has 0 spiro atoms. The molecule has 0 amide bonds. The van der Waals surface area contributed by atoms with Crippen LogP contribution in [0.1, 0.15) is 68.3 Å². The maximum atomic E-state index is 11.5. The standard InChI is InChI=1S/C18H26O3/c1-4-17(5-2)10-12-18(20,13-11-17)15-8-6-14(7-9-15)16(19)21-3/h6-9,20H,4-5,10-13H2,1-3H3. The normalized spacial score (nSPS) is 20.0. The highest BCUT2D eigenvalue weighted by molar-refractivity contribution is 5.89. The number of benzene rings is 1. The van der Waals surface area contributed by atoms with Crippen molar-refractivity contribution < 1.29 is 14.6 Å². The van der Waals surface area contributed by atoms with E-state index in [2.05, 4.69) is 13.8 Å². The van der Waals surface area contributed by atoms with Gasteiger partial charge >= 0.3 is 5.97 Å². The summed E-state index contributed by atoms with van der Waals surface area (Å²) < 4.78 is 4.70. The van der Waals surface area contributed by atoms with Crippen LogP contribution in [-0.4, -0.2) is 18.2 Å². The van der Waals surface area contributed by atoms with E-state index in [9.17, 15) is 9.90 Å². The predicted molar refractivity (Wildman–Crippen MR) is 83.2 cm³/mol. The minimum Gasteiger partial charge on any atom is -0.465 e. The number of methoxy groups -OCH3 is 1. The Balaban J connectivity index is 2.13. The van der Waals surface area contributed by atoms with Gasteiger partial charge in [0.2, 0.25) is 0 Å². The first-order valence-electron chi connectivity index (χ1n) is 7.90. The topological polar surface area (TPSA) is 46.5 Å². The van der Waals surface area contributed by atoms with Crippen LogP contribution in [0.2, 0.25) is 0 Å². The average Bonchev–Trinajstić information content (AvgIpc) is 2.55. The fourth-order valence-corrected chi connectivity index (χ4v) is 3.47. The van der Waals surface area contributed by atoms with Crippen LogP contribution >= 0.6 is 0 Å². The van der Waals surface area contributed by atoms with Crippen molar-refractivity contribution in [2.75, 3.05) is 7.11 Å². The summed E-state index contributed by atoms with van der Waals surface area (Å²) in [6.45, 7) is 4.50. The van der Waals surface area contributed by atoms with Gasteiger partial charge in [-0.05, 0) is 48.8 Å². The summed E-state index contributed by atoms with van der Waals surface area (Å²) in [5, 5.41) is 10.9. The Morgan fingerprint density at radius 1 is 1.10 bits per heavy atom. The Labute approximate surface area is 127 Å². The molecule has 1 fully saturated rings. The molecule has 1 aromatic carbocycles. The van der Waals surface area contributed by atoms with Gasteiger partial charge in [0.05, 0.1) is 18.3 Å². The molecule has 3 heteroatoms. The van der Waals surface area contributed by atoms with Crippen molar-refractivity contribution >= 4 is 5.97 Å². The van der Waals surface area contributed by atoms with E-state index in [-0.39, 0.29) is 5.97 Å². The molecule has 0 atom stereocenters. The summed E-state index contributed by atoms with van der Waals surface area (Å²) in [5.41, 5.74) is 1.09. The zero-order valence-corrected chi connectivity index (χ0v) is 13.3. The number of aliphatic hydroxyl groups is 1. The Morgan fingerprint density at radius 2 is 1.62 bits per heavy atom. The summed E-state index contributed by atoms with van der Waals surface area (Å²) in [7, 11) is 1.37. The first-order valence-corrected chi connectivity index (χ1v) is 7.90. The highest BCUT2D eigenvalue weighted by Crippen LogP contribution is 2.48. The quantitative estimate of drug-likeness (QED) is 0.851. The number of carbonyl (C=O) groups is 1. The van der Waals surface area contributed by atoms with E-state index in [1.54, 1.807) is 12.1 Å². The number of carbonyl (C=O) groups excluding carboxylic acids is 1. The smallest absolute Gasteiger partial charge is 0.337 e. The Kier molecular flexibility index (Phi) is 4.72. The van der Waals surface area contributed by atoms with Gasteiger partial charge < -0.3 is 9.84 Å². The third-order valence-corrected chi connectivity index (χ3v) is 5.48. The van der Waals surface area contributed by atoms with Crippen molar-refractivity contribution in [2.45, 2.75) is 58.0 Å². The molecule has 1 aliphatic carbocycles. The van der Waals surface area contributed by atoms with Crippen molar-refractivity contribution in [3.05, 3.63) is 35.4 Å². The molecule has 0 heterocycles. The lowest BCUT2D eigenvalue weighted by Gasteiger charge is -2.43. The lowest BCUT2D eigenvalue weighted by atomic mass is 9.64.